The Morgan fingerprint density at radius 1 is 1.12 bits per heavy atom. The molecule has 0 saturated carbocycles. The monoisotopic (exact) mass is 372 g/mol. The van der Waals surface area contributed by atoms with Crippen molar-refractivity contribution in [3.8, 4) is 11.3 Å². The molecule has 0 aliphatic heterocycles. The normalized spacial score (nSPS) is 13.9. The Bertz CT molecular complexity index is 1040. The summed E-state index contributed by atoms with van der Waals surface area (Å²) in [5.74, 6) is -1.02. The van der Waals surface area contributed by atoms with Gasteiger partial charge in [0.1, 0.15) is 5.69 Å². The lowest BCUT2D eigenvalue weighted by Crippen LogP contribution is -2.33. The van der Waals surface area contributed by atoms with Gasteiger partial charge in [-0.05, 0) is 24.6 Å². The number of aromatic nitrogens is 1. The topological polar surface area (TPSA) is 123 Å². The average molecular weight is 372 g/mol. The van der Waals surface area contributed by atoms with E-state index in [9.17, 15) is 18.3 Å². The van der Waals surface area contributed by atoms with Gasteiger partial charge in [-0.3, -0.25) is 4.79 Å². The molecular weight excluding hydrogens is 356 g/mol. The number of carboxylic acid groups (broad SMARTS) is 1. The van der Waals surface area contributed by atoms with E-state index in [2.05, 4.69) is 5.16 Å². The standard InChI is InChI=1S/C18H16N2O5S/c1-18(17(21)22,13-7-9-14(10-8-13)26(19,23)24)16-11-15(20-25-16)12-5-3-2-4-6-12/h2-11H,1H3,(H,21,22)(H2,19,23,24). The fourth-order valence-corrected chi connectivity index (χ4v) is 3.12. The Kier molecular flexibility index (Phi) is 4.39. The van der Waals surface area contributed by atoms with Gasteiger partial charge in [-0.25, -0.2) is 13.6 Å². The third-order valence-electron chi connectivity index (χ3n) is 4.26. The van der Waals surface area contributed by atoms with Gasteiger partial charge in [-0.1, -0.05) is 47.6 Å². The van der Waals surface area contributed by atoms with Gasteiger partial charge in [0.2, 0.25) is 10.0 Å². The van der Waals surface area contributed by atoms with Crippen LogP contribution in [0.25, 0.3) is 11.3 Å². The van der Waals surface area contributed by atoms with E-state index in [0.717, 1.165) is 5.56 Å². The zero-order valence-corrected chi connectivity index (χ0v) is 14.6. The lowest BCUT2D eigenvalue weighted by molar-refractivity contribution is -0.142. The smallest absolute Gasteiger partial charge is 0.321 e. The van der Waals surface area contributed by atoms with Crippen LogP contribution in [0.5, 0.6) is 0 Å². The molecule has 0 aliphatic carbocycles. The van der Waals surface area contributed by atoms with Gasteiger partial charge in [-0.2, -0.15) is 0 Å². The fraction of sp³-hybridized carbons (Fsp3) is 0.111. The van der Waals surface area contributed by atoms with E-state index in [-0.39, 0.29) is 10.7 Å². The molecule has 0 amide bonds. The molecule has 1 unspecified atom stereocenters. The lowest BCUT2D eigenvalue weighted by Gasteiger charge is -2.22. The fourth-order valence-electron chi connectivity index (χ4n) is 2.60. The van der Waals surface area contributed by atoms with E-state index in [4.69, 9.17) is 9.66 Å². The van der Waals surface area contributed by atoms with Crippen molar-refractivity contribution in [2.75, 3.05) is 0 Å². The predicted molar refractivity (Wildman–Crippen MR) is 93.8 cm³/mol. The van der Waals surface area contributed by atoms with Crippen LogP contribution in [0, 0.1) is 0 Å². The summed E-state index contributed by atoms with van der Waals surface area (Å²) < 4.78 is 28.1. The number of carboxylic acids is 1. The van der Waals surface area contributed by atoms with Crippen molar-refractivity contribution in [2.24, 2.45) is 5.14 Å². The molecule has 0 radical (unpaired) electrons. The SMILES string of the molecule is CC(C(=O)O)(c1ccc(S(N)(=O)=O)cc1)c1cc(-c2ccccc2)no1. The number of aliphatic carboxylic acids is 1. The maximum atomic E-state index is 12.0. The largest absolute Gasteiger partial charge is 0.480 e. The summed E-state index contributed by atoms with van der Waals surface area (Å²) in [4.78, 5) is 11.9. The minimum Gasteiger partial charge on any atom is -0.480 e. The summed E-state index contributed by atoms with van der Waals surface area (Å²) in [5.41, 5.74) is 0.0962. The molecule has 1 heterocycles. The molecule has 0 bridgehead atoms. The van der Waals surface area contributed by atoms with Crippen molar-refractivity contribution in [2.45, 2.75) is 17.2 Å². The van der Waals surface area contributed by atoms with Crippen molar-refractivity contribution in [1.29, 1.82) is 0 Å². The van der Waals surface area contributed by atoms with Crippen LogP contribution >= 0.6 is 0 Å². The first kappa shape index (κ1) is 17.8. The maximum Gasteiger partial charge on any atom is 0.321 e. The van der Waals surface area contributed by atoms with Crippen molar-refractivity contribution in [3.05, 3.63) is 72.0 Å². The highest BCUT2D eigenvalue weighted by Crippen LogP contribution is 2.35. The number of benzene rings is 2. The van der Waals surface area contributed by atoms with Crippen LogP contribution < -0.4 is 5.14 Å². The molecule has 0 fully saturated rings. The summed E-state index contributed by atoms with van der Waals surface area (Å²) in [7, 11) is -3.87. The highest BCUT2D eigenvalue weighted by molar-refractivity contribution is 7.89. The van der Waals surface area contributed by atoms with E-state index in [1.807, 2.05) is 30.3 Å². The number of primary sulfonamides is 1. The number of carbonyl (C=O) groups is 1. The molecule has 134 valence electrons. The van der Waals surface area contributed by atoms with Crippen LogP contribution in [-0.2, 0) is 20.2 Å². The van der Waals surface area contributed by atoms with E-state index >= 15 is 0 Å². The number of rotatable bonds is 5. The van der Waals surface area contributed by atoms with Crippen LogP contribution in [-0.4, -0.2) is 24.7 Å². The Labute approximate surface area is 150 Å². The van der Waals surface area contributed by atoms with Gasteiger partial charge in [0.25, 0.3) is 0 Å². The first-order valence-electron chi connectivity index (χ1n) is 7.62. The molecule has 0 spiro atoms. The van der Waals surface area contributed by atoms with Crippen molar-refractivity contribution in [1.82, 2.24) is 5.16 Å². The van der Waals surface area contributed by atoms with E-state index in [1.54, 1.807) is 6.07 Å². The molecule has 26 heavy (non-hydrogen) atoms. The first-order chi connectivity index (χ1) is 12.2. The van der Waals surface area contributed by atoms with E-state index in [0.29, 0.717) is 11.3 Å². The quantitative estimate of drug-likeness (QED) is 0.709. The number of nitrogens with two attached hydrogens (primary N) is 1. The molecule has 0 aliphatic rings. The van der Waals surface area contributed by atoms with Crippen LogP contribution in [0.4, 0.5) is 0 Å². The van der Waals surface area contributed by atoms with Crippen LogP contribution in [0.3, 0.4) is 0 Å². The van der Waals surface area contributed by atoms with Gasteiger partial charge in [-0.15, -0.1) is 0 Å². The highest BCUT2D eigenvalue weighted by Gasteiger charge is 2.41. The number of hydrogen-bond acceptors (Lipinski definition) is 5. The Morgan fingerprint density at radius 2 is 1.73 bits per heavy atom. The Balaban J connectivity index is 2.06. The Morgan fingerprint density at radius 3 is 2.27 bits per heavy atom. The van der Waals surface area contributed by atoms with Gasteiger partial charge in [0.05, 0.1) is 4.90 Å². The molecule has 0 saturated heterocycles. The number of hydrogen-bond donors (Lipinski definition) is 2. The minimum absolute atomic E-state index is 0.100. The summed E-state index contributed by atoms with van der Waals surface area (Å²) >= 11 is 0. The van der Waals surface area contributed by atoms with Crippen molar-refractivity contribution >= 4 is 16.0 Å². The number of sulfonamides is 1. The zero-order chi connectivity index (χ0) is 18.9. The summed E-state index contributed by atoms with van der Waals surface area (Å²) in [6.45, 7) is 1.47. The second-order valence-corrected chi connectivity index (χ2v) is 7.50. The molecule has 3 N–H and O–H groups in total. The highest BCUT2D eigenvalue weighted by atomic mass is 32.2. The molecular formula is C18H16N2O5S. The Hall–Kier alpha value is -2.97. The summed E-state index contributed by atoms with van der Waals surface area (Å²) in [6.07, 6.45) is 0. The van der Waals surface area contributed by atoms with Crippen LogP contribution in [0.1, 0.15) is 18.2 Å². The van der Waals surface area contributed by atoms with E-state index in [1.165, 1.54) is 31.2 Å². The first-order valence-corrected chi connectivity index (χ1v) is 9.17. The predicted octanol–water partition coefficient (Wildman–Crippen LogP) is 2.38. The molecule has 3 rings (SSSR count). The number of nitrogens with zero attached hydrogens (tertiary/aromatic N) is 1. The second kappa shape index (κ2) is 6.40. The molecule has 7 nitrogen and oxygen atoms in total. The van der Waals surface area contributed by atoms with Gasteiger partial charge in [0.15, 0.2) is 11.2 Å². The van der Waals surface area contributed by atoms with Gasteiger partial charge < -0.3 is 9.63 Å². The average Bonchev–Trinajstić information content (AvgIpc) is 3.11. The lowest BCUT2D eigenvalue weighted by atomic mass is 9.80. The van der Waals surface area contributed by atoms with Crippen LogP contribution in [0.15, 0.2) is 70.1 Å². The second-order valence-electron chi connectivity index (χ2n) is 5.94. The minimum atomic E-state index is -3.87. The van der Waals surface area contributed by atoms with E-state index < -0.39 is 21.4 Å². The molecule has 1 atom stereocenters. The zero-order valence-electron chi connectivity index (χ0n) is 13.8. The molecule has 8 heteroatoms. The molecule has 2 aromatic carbocycles. The van der Waals surface area contributed by atoms with Crippen molar-refractivity contribution < 1.29 is 22.8 Å². The van der Waals surface area contributed by atoms with Gasteiger partial charge >= 0.3 is 5.97 Å². The third-order valence-corrected chi connectivity index (χ3v) is 5.19. The van der Waals surface area contributed by atoms with Crippen molar-refractivity contribution in [3.63, 3.8) is 0 Å². The van der Waals surface area contributed by atoms with Crippen LogP contribution in [0.2, 0.25) is 0 Å². The van der Waals surface area contributed by atoms with Gasteiger partial charge in [0, 0.05) is 11.6 Å². The molecule has 1 aromatic heterocycles. The third kappa shape index (κ3) is 3.12. The molecule has 3 aromatic rings. The maximum absolute atomic E-state index is 12.0. The summed E-state index contributed by atoms with van der Waals surface area (Å²) in [6, 6.07) is 16.1. The summed E-state index contributed by atoms with van der Waals surface area (Å²) in [5, 5.41) is 18.9.